The van der Waals surface area contributed by atoms with Crippen LogP contribution in [-0.4, -0.2) is 5.78 Å². The third kappa shape index (κ3) is 3.59. The summed E-state index contributed by atoms with van der Waals surface area (Å²) in [5.41, 5.74) is -1.58. The van der Waals surface area contributed by atoms with Gasteiger partial charge < -0.3 is 0 Å². The summed E-state index contributed by atoms with van der Waals surface area (Å²) in [7, 11) is 0. The van der Waals surface area contributed by atoms with E-state index in [0.29, 0.717) is 31.0 Å². The Morgan fingerprint density at radius 3 is 2.56 bits per heavy atom. The molecule has 0 spiro atoms. The molecule has 0 aliphatic heterocycles. The molecule has 0 amide bonds. The second-order valence-corrected chi connectivity index (χ2v) is 3.67. The van der Waals surface area contributed by atoms with E-state index in [1.807, 2.05) is 0 Å². The fourth-order valence-corrected chi connectivity index (χ4v) is 1.40. The lowest BCUT2D eigenvalue weighted by molar-refractivity contribution is -0.137. The fraction of sp³-hybridized carbons (Fsp3) is 0.308. The average Bonchev–Trinajstić information content (AvgIpc) is 2.28. The number of halogens is 4. The number of unbranched alkanes of at least 4 members (excludes halogenated alkanes) is 1. The smallest absolute Gasteiger partial charge is 0.294 e. The minimum Gasteiger partial charge on any atom is -0.294 e. The normalized spacial score (nSPS) is 11.1. The van der Waals surface area contributed by atoms with E-state index in [2.05, 4.69) is 5.92 Å². The zero-order valence-corrected chi connectivity index (χ0v) is 9.35. The number of Topliss-reactive ketones (excluding diaryl/α,β-unsaturated/α-hetero) is 1. The lowest BCUT2D eigenvalue weighted by Crippen LogP contribution is -2.09. The zero-order valence-electron chi connectivity index (χ0n) is 9.35. The maximum atomic E-state index is 13.3. The number of ketones is 1. The minimum atomic E-state index is -4.60. The second-order valence-electron chi connectivity index (χ2n) is 3.67. The third-order valence-corrected chi connectivity index (χ3v) is 2.32. The van der Waals surface area contributed by atoms with Crippen molar-refractivity contribution in [2.75, 3.05) is 0 Å². The van der Waals surface area contributed by atoms with Gasteiger partial charge in [0.2, 0.25) is 0 Å². The first-order chi connectivity index (χ1) is 8.36. The molecule has 0 unspecified atom stereocenters. The van der Waals surface area contributed by atoms with Gasteiger partial charge in [0.05, 0.1) is 11.1 Å². The van der Waals surface area contributed by atoms with Crippen molar-refractivity contribution in [3.05, 3.63) is 35.1 Å². The molecule has 0 N–H and O–H groups in total. The SMILES string of the molecule is C#CCCCC(=O)c1cc(C(F)(F)F)ccc1F. The molecule has 0 aliphatic carbocycles. The van der Waals surface area contributed by atoms with Crippen LogP contribution in [0.4, 0.5) is 17.6 Å². The van der Waals surface area contributed by atoms with Crippen molar-refractivity contribution >= 4 is 5.78 Å². The van der Waals surface area contributed by atoms with Crippen LogP contribution in [0.3, 0.4) is 0 Å². The molecule has 0 saturated heterocycles. The van der Waals surface area contributed by atoms with Crippen molar-refractivity contribution in [1.82, 2.24) is 0 Å². The molecule has 0 atom stereocenters. The van der Waals surface area contributed by atoms with Crippen LogP contribution in [0.25, 0.3) is 0 Å². The van der Waals surface area contributed by atoms with Gasteiger partial charge in [-0.1, -0.05) is 0 Å². The van der Waals surface area contributed by atoms with E-state index < -0.39 is 28.9 Å². The monoisotopic (exact) mass is 258 g/mol. The summed E-state index contributed by atoms with van der Waals surface area (Å²) in [6.45, 7) is 0. The molecule has 0 saturated carbocycles. The van der Waals surface area contributed by atoms with Gasteiger partial charge in [0.1, 0.15) is 5.82 Å². The van der Waals surface area contributed by atoms with E-state index in [1.165, 1.54) is 0 Å². The number of carbonyl (C=O) groups excluding carboxylic acids is 1. The highest BCUT2D eigenvalue weighted by molar-refractivity contribution is 5.96. The van der Waals surface area contributed by atoms with Gasteiger partial charge in [-0.2, -0.15) is 13.2 Å². The number of carbonyl (C=O) groups is 1. The molecule has 5 heteroatoms. The standard InChI is InChI=1S/C13H10F4O/c1-2-3-4-5-12(18)10-8-9(13(15,16)17)6-7-11(10)14/h1,6-8H,3-5H2. The van der Waals surface area contributed by atoms with Crippen LogP contribution in [0.1, 0.15) is 35.2 Å². The van der Waals surface area contributed by atoms with Crippen LogP contribution in [0.2, 0.25) is 0 Å². The highest BCUT2D eigenvalue weighted by Crippen LogP contribution is 2.30. The lowest BCUT2D eigenvalue weighted by atomic mass is 10.0. The molecule has 18 heavy (non-hydrogen) atoms. The van der Waals surface area contributed by atoms with E-state index >= 15 is 0 Å². The highest BCUT2D eigenvalue weighted by atomic mass is 19.4. The number of hydrogen-bond acceptors (Lipinski definition) is 1. The predicted octanol–water partition coefficient (Wildman–Crippen LogP) is 3.83. The van der Waals surface area contributed by atoms with Gasteiger partial charge in [-0.15, -0.1) is 12.3 Å². The molecule has 96 valence electrons. The maximum absolute atomic E-state index is 13.3. The van der Waals surface area contributed by atoms with Crippen molar-refractivity contribution in [2.24, 2.45) is 0 Å². The Bertz CT molecular complexity index is 483. The summed E-state index contributed by atoms with van der Waals surface area (Å²) >= 11 is 0. The van der Waals surface area contributed by atoms with Gasteiger partial charge in [0.15, 0.2) is 5.78 Å². The Kier molecular flexibility index (Phi) is 4.49. The van der Waals surface area contributed by atoms with Crippen molar-refractivity contribution < 1.29 is 22.4 Å². The summed E-state index contributed by atoms with van der Waals surface area (Å²) < 4.78 is 50.5. The third-order valence-electron chi connectivity index (χ3n) is 2.32. The quantitative estimate of drug-likeness (QED) is 0.347. The van der Waals surface area contributed by atoms with Gasteiger partial charge in [0, 0.05) is 12.8 Å². The maximum Gasteiger partial charge on any atom is 0.416 e. The second kappa shape index (κ2) is 5.67. The average molecular weight is 258 g/mol. The number of benzene rings is 1. The summed E-state index contributed by atoms with van der Waals surface area (Å²) in [6.07, 6.45) is 0.968. The number of rotatable bonds is 4. The summed E-state index contributed by atoms with van der Waals surface area (Å²) in [6, 6.07) is 1.79. The Balaban J connectivity index is 2.94. The van der Waals surface area contributed by atoms with E-state index in [0.717, 1.165) is 0 Å². The van der Waals surface area contributed by atoms with Gasteiger partial charge in [-0.25, -0.2) is 4.39 Å². The molecular formula is C13H10F4O. The van der Waals surface area contributed by atoms with Crippen molar-refractivity contribution in [1.29, 1.82) is 0 Å². The van der Waals surface area contributed by atoms with Crippen LogP contribution in [0.15, 0.2) is 18.2 Å². The van der Waals surface area contributed by atoms with Crippen molar-refractivity contribution in [3.63, 3.8) is 0 Å². The molecule has 0 radical (unpaired) electrons. The van der Waals surface area contributed by atoms with Gasteiger partial charge in [-0.05, 0) is 24.6 Å². The Labute approximate surface area is 102 Å². The minimum absolute atomic E-state index is 0.0670. The van der Waals surface area contributed by atoms with E-state index in [9.17, 15) is 22.4 Å². The van der Waals surface area contributed by atoms with Crippen LogP contribution < -0.4 is 0 Å². The van der Waals surface area contributed by atoms with Crippen molar-refractivity contribution in [2.45, 2.75) is 25.4 Å². The molecule has 0 aromatic heterocycles. The number of hydrogen-bond donors (Lipinski definition) is 0. The van der Waals surface area contributed by atoms with Crippen LogP contribution in [-0.2, 0) is 6.18 Å². The predicted molar refractivity (Wildman–Crippen MR) is 58.4 cm³/mol. The molecule has 0 heterocycles. The Hall–Kier alpha value is -1.83. The number of alkyl halides is 3. The van der Waals surface area contributed by atoms with Crippen LogP contribution >= 0.6 is 0 Å². The van der Waals surface area contributed by atoms with E-state index in [1.54, 1.807) is 0 Å². The Morgan fingerprint density at radius 1 is 1.33 bits per heavy atom. The first kappa shape index (κ1) is 14.2. The molecule has 0 fully saturated rings. The lowest BCUT2D eigenvalue weighted by Gasteiger charge is -2.09. The molecule has 0 bridgehead atoms. The summed E-state index contributed by atoms with van der Waals surface area (Å²) in [5.74, 6) is 0.676. The first-order valence-corrected chi connectivity index (χ1v) is 5.19. The highest BCUT2D eigenvalue weighted by Gasteiger charge is 2.31. The van der Waals surface area contributed by atoms with Crippen molar-refractivity contribution in [3.8, 4) is 12.3 Å². The summed E-state index contributed by atoms with van der Waals surface area (Å²) in [5, 5.41) is 0. The molecule has 1 aromatic rings. The molecule has 1 nitrogen and oxygen atoms in total. The van der Waals surface area contributed by atoms with Gasteiger partial charge in [-0.3, -0.25) is 4.79 Å². The molecule has 1 rings (SSSR count). The van der Waals surface area contributed by atoms with Gasteiger partial charge in [0.25, 0.3) is 0 Å². The van der Waals surface area contributed by atoms with Crippen LogP contribution in [0.5, 0.6) is 0 Å². The molecule has 1 aromatic carbocycles. The first-order valence-electron chi connectivity index (χ1n) is 5.19. The largest absolute Gasteiger partial charge is 0.416 e. The van der Waals surface area contributed by atoms with E-state index in [-0.39, 0.29) is 6.42 Å². The molecule has 0 aliphatic rings. The fourth-order valence-electron chi connectivity index (χ4n) is 1.40. The number of terminal acetylenes is 1. The Morgan fingerprint density at radius 2 is 2.00 bits per heavy atom. The summed E-state index contributed by atoms with van der Waals surface area (Å²) in [4.78, 5) is 11.5. The van der Waals surface area contributed by atoms with Crippen LogP contribution in [0, 0.1) is 18.2 Å². The zero-order chi connectivity index (χ0) is 13.8. The van der Waals surface area contributed by atoms with E-state index in [4.69, 9.17) is 6.42 Å². The van der Waals surface area contributed by atoms with Gasteiger partial charge >= 0.3 is 6.18 Å². The molecular weight excluding hydrogens is 248 g/mol. The topological polar surface area (TPSA) is 17.1 Å².